The van der Waals surface area contributed by atoms with Crippen LogP contribution in [0.4, 0.5) is 0 Å². The molecule has 2 aliphatic rings. The fourth-order valence-electron chi connectivity index (χ4n) is 3.69. The Bertz CT molecular complexity index is 792. The van der Waals surface area contributed by atoms with Gasteiger partial charge in [0.2, 0.25) is 0 Å². The second kappa shape index (κ2) is 4.83. The van der Waals surface area contributed by atoms with E-state index in [4.69, 9.17) is 4.52 Å². The first kappa shape index (κ1) is 13.3. The zero-order valence-electron chi connectivity index (χ0n) is 12.4. The van der Waals surface area contributed by atoms with Crippen molar-refractivity contribution in [2.24, 2.45) is 5.92 Å². The van der Waals surface area contributed by atoms with Crippen molar-refractivity contribution < 1.29 is 9.32 Å². The first-order valence-electron chi connectivity index (χ1n) is 7.54. The minimum atomic E-state index is -0.0849. The van der Waals surface area contributed by atoms with Crippen LogP contribution in [0.1, 0.15) is 34.3 Å². The average molecular weight is 299 g/mol. The van der Waals surface area contributed by atoms with Crippen LogP contribution in [0.2, 0.25) is 0 Å². The van der Waals surface area contributed by atoms with Gasteiger partial charge in [-0.05, 0) is 25.3 Å². The maximum Gasteiger partial charge on any atom is 0.276 e. The molecule has 0 unspecified atom stereocenters. The predicted octanol–water partition coefficient (Wildman–Crippen LogP) is 1.40. The molecule has 22 heavy (non-hydrogen) atoms. The van der Waals surface area contributed by atoms with Crippen LogP contribution in [-0.4, -0.2) is 33.6 Å². The summed E-state index contributed by atoms with van der Waals surface area (Å²) >= 11 is 0. The number of carbonyl (C=O) groups excluding carboxylic acids is 1. The highest BCUT2D eigenvalue weighted by Gasteiger charge is 2.37. The van der Waals surface area contributed by atoms with E-state index in [9.17, 15) is 9.59 Å². The Labute approximate surface area is 127 Å². The third-order valence-electron chi connectivity index (χ3n) is 4.61. The van der Waals surface area contributed by atoms with Crippen LogP contribution >= 0.6 is 0 Å². The van der Waals surface area contributed by atoms with Gasteiger partial charge in [0.05, 0.1) is 0 Å². The number of fused-ring (bicyclic) bond motifs is 4. The lowest BCUT2D eigenvalue weighted by molar-refractivity contribution is 0.0584. The number of hydrogen-bond donors (Lipinski definition) is 0. The molecule has 1 amide bonds. The number of hydrogen-bond acceptors (Lipinski definition) is 4. The summed E-state index contributed by atoms with van der Waals surface area (Å²) in [5.74, 6) is 1.09. The summed E-state index contributed by atoms with van der Waals surface area (Å²) in [5, 5.41) is 3.82. The van der Waals surface area contributed by atoms with Crippen molar-refractivity contribution in [1.82, 2.24) is 14.6 Å². The van der Waals surface area contributed by atoms with Crippen molar-refractivity contribution in [3.8, 4) is 0 Å². The van der Waals surface area contributed by atoms with E-state index in [1.54, 1.807) is 25.1 Å². The third-order valence-corrected chi connectivity index (χ3v) is 4.61. The van der Waals surface area contributed by atoms with Crippen LogP contribution in [0.3, 0.4) is 0 Å². The number of piperidine rings is 1. The highest BCUT2D eigenvalue weighted by Crippen LogP contribution is 2.35. The van der Waals surface area contributed by atoms with Crippen LogP contribution in [-0.2, 0) is 6.54 Å². The second-order valence-corrected chi connectivity index (χ2v) is 6.23. The van der Waals surface area contributed by atoms with Crippen molar-refractivity contribution in [2.45, 2.75) is 25.8 Å². The third kappa shape index (κ3) is 2.06. The molecule has 1 saturated heterocycles. The fourth-order valence-corrected chi connectivity index (χ4v) is 3.69. The number of aryl methyl sites for hydroxylation is 1. The van der Waals surface area contributed by atoms with Gasteiger partial charge in [-0.25, -0.2) is 0 Å². The maximum absolute atomic E-state index is 12.6. The standard InChI is InChI=1S/C16H17N3O3/c1-10-5-13(17-22-10)16(21)18-7-11-6-12(9-18)14-3-2-4-15(20)19(14)8-11/h2-5,11-12H,6-9H2,1H3/t11-,12-/m0/s1. The van der Waals surface area contributed by atoms with Gasteiger partial charge in [0.25, 0.3) is 11.5 Å². The van der Waals surface area contributed by atoms with Gasteiger partial charge in [0.15, 0.2) is 5.69 Å². The summed E-state index contributed by atoms with van der Waals surface area (Å²) in [6, 6.07) is 7.07. The van der Waals surface area contributed by atoms with Crippen molar-refractivity contribution in [1.29, 1.82) is 0 Å². The van der Waals surface area contributed by atoms with Crippen molar-refractivity contribution in [3.05, 3.63) is 51.8 Å². The minimum absolute atomic E-state index is 0.0547. The highest BCUT2D eigenvalue weighted by atomic mass is 16.5. The van der Waals surface area contributed by atoms with Crippen LogP contribution in [0.15, 0.2) is 33.6 Å². The molecule has 6 heteroatoms. The lowest BCUT2D eigenvalue weighted by Crippen LogP contribution is -2.49. The topological polar surface area (TPSA) is 68.3 Å². The van der Waals surface area contributed by atoms with Gasteiger partial charge >= 0.3 is 0 Å². The largest absolute Gasteiger partial charge is 0.361 e. The van der Waals surface area contributed by atoms with E-state index < -0.39 is 0 Å². The molecule has 2 atom stereocenters. The summed E-state index contributed by atoms with van der Waals surface area (Å²) in [6.07, 6.45) is 1.03. The SMILES string of the molecule is Cc1cc(C(=O)N2C[C@@H]3C[C@@H](C2)c2cccc(=O)n2C3)no1. The number of nitrogens with zero attached hydrogens (tertiary/aromatic N) is 3. The molecular weight excluding hydrogens is 282 g/mol. The summed E-state index contributed by atoms with van der Waals surface area (Å²) < 4.78 is 6.86. The molecule has 0 aromatic carbocycles. The van der Waals surface area contributed by atoms with Crippen molar-refractivity contribution in [3.63, 3.8) is 0 Å². The molecule has 0 aliphatic carbocycles. The van der Waals surface area contributed by atoms with Crippen LogP contribution in [0, 0.1) is 12.8 Å². The van der Waals surface area contributed by atoms with Gasteiger partial charge < -0.3 is 14.0 Å². The normalized spacial score (nSPS) is 23.2. The molecule has 0 spiro atoms. The molecule has 2 aromatic heterocycles. The van der Waals surface area contributed by atoms with Gasteiger partial charge in [-0.3, -0.25) is 9.59 Å². The Hall–Kier alpha value is -2.37. The quantitative estimate of drug-likeness (QED) is 0.798. The van der Waals surface area contributed by atoms with Crippen molar-refractivity contribution in [2.75, 3.05) is 13.1 Å². The number of carbonyl (C=O) groups is 1. The maximum atomic E-state index is 12.6. The van der Waals surface area contributed by atoms with E-state index >= 15 is 0 Å². The zero-order chi connectivity index (χ0) is 15.3. The lowest BCUT2D eigenvalue weighted by Gasteiger charge is -2.42. The molecule has 2 aromatic rings. The first-order valence-corrected chi connectivity index (χ1v) is 7.54. The molecule has 4 rings (SSSR count). The number of rotatable bonds is 1. The molecular formula is C16H17N3O3. The average Bonchev–Trinajstić information content (AvgIpc) is 2.94. The van der Waals surface area contributed by atoms with E-state index in [0.29, 0.717) is 37.0 Å². The van der Waals surface area contributed by atoms with Gasteiger partial charge in [0, 0.05) is 43.4 Å². The summed E-state index contributed by atoms with van der Waals surface area (Å²) in [7, 11) is 0. The fraction of sp³-hybridized carbons (Fsp3) is 0.438. The molecule has 0 radical (unpaired) electrons. The number of aromatic nitrogens is 2. The molecule has 0 saturated carbocycles. The Balaban J connectivity index is 1.64. The number of pyridine rings is 1. The summed E-state index contributed by atoms with van der Waals surface area (Å²) in [6.45, 7) is 3.76. The Morgan fingerprint density at radius 1 is 1.32 bits per heavy atom. The predicted molar refractivity (Wildman–Crippen MR) is 78.7 cm³/mol. The molecule has 6 nitrogen and oxygen atoms in total. The molecule has 2 bridgehead atoms. The van der Waals surface area contributed by atoms with Gasteiger partial charge in [-0.2, -0.15) is 0 Å². The summed E-state index contributed by atoms with van der Waals surface area (Å²) in [5.41, 5.74) is 1.46. The van der Waals surface area contributed by atoms with Crippen LogP contribution in [0.25, 0.3) is 0 Å². The first-order chi connectivity index (χ1) is 10.6. The minimum Gasteiger partial charge on any atom is -0.361 e. The molecule has 1 fully saturated rings. The monoisotopic (exact) mass is 299 g/mol. The van der Waals surface area contributed by atoms with E-state index in [1.807, 2.05) is 15.5 Å². The van der Waals surface area contributed by atoms with Crippen molar-refractivity contribution >= 4 is 5.91 Å². The molecule has 4 heterocycles. The summed E-state index contributed by atoms with van der Waals surface area (Å²) in [4.78, 5) is 26.4. The lowest BCUT2D eigenvalue weighted by atomic mass is 9.83. The molecule has 2 aliphatic heterocycles. The number of likely N-dealkylation sites (tertiary alicyclic amines) is 1. The van der Waals surface area contributed by atoms with Gasteiger partial charge in [-0.1, -0.05) is 11.2 Å². The second-order valence-electron chi connectivity index (χ2n) is 6.23. The van der Waals surface area contributed by atoms with E-state index in [-0.39, 0.29) is 17.4 Å². The Kier molecular flexibility index (Phi) is 2.92. The van der Waals surface area contributed by atoms with E-state index in [2.05, 4.69) is 5.16 Å². The van der Waals surface area contributed by atoms with Gasteiger partial charge in [-0.15, -0.1) is 0 Å². The van der Waals surface area contributed by atoms with Gasteiger partial charge in [0.1, 0.15) is 5.76 Å². The van der Waals surface area contributed by atoms with Crippen LogP contribution in [0.5, 0.6) is 0 Å². The molecule has 114 valence electrons. The highest BCUT2D eigenvalue weighted by molar-refractivity contribution is 5.92. The number of amides is 1. The van der Waals surface area contributed by atoms with Crippen LogP contribution < -0.4 is 5.56 Å². The van der Waals surface area contributed by atoms with E-state index in [0.717, 1.165) is 12.1 Å². The van der Waals surface area contributed by atoms with E-state index in [1.165, 1.54) is 0 Å². The Morgan fingerprint density at radius 2 is 2.18 bits per heavy atom. The molecule has 0 N–H and O–H groups in total. The Morgan fingerprint density at radius 3 is 2.95 bits per heavy atom. The zero-order valence-corrected chi connectivity index (χ0v) is 12.4. The smallest absolute Gasteiger partial charge is 0.276 e.